The molecule has 0 aliphatic heterocycles. The van der Waals surface area contributed by atoms with Gasteiger partial charge >= 0.3 is 6.03 Å². The summed E-state index contributed by atoms with van der Waals surface area (Å²) in [5, 5.41) is 16.5. The van der Waals surface area contributed by atoms with Crippen molar-refractivity contribution in [3.63, 3.8) is 0 Å². The van der Waals surface area contributed by atoms with Gasteiger partial charge < -0.3 is 20.6 Å². The summed E-state index contributed by atoms with van der Waals surface area (Å²) in [6.45, 7) is 5.53. The standard InChI is InChI=1S/C22H27N5O3/c1-15(28)25-20-14-18(7-10-24-20)26(12-9-22(2,3)30)17-5-6-19-16(13-17)8-11-27(19)21(29)23-4/h5-8,10-11,13-14,30H,9,12H2,1-4H3,(H,23,29)(H,24,25,28). The van der Waals surface area contributed by atoms with E-state index in [4.69, 9.17) is 0 Å². The number of aromatic nitrogens is 2. The third-order valence-corrected chi connectivity index (χ3v) is 4.72. The second-order valence-electron chi connectivity index (χ2n) is 7.78. The fraction of sp³-hybridized carbons (Fsp3) is 0.318. The van der Waals surface area contributed by atoms with Crippen molar-refractivity contribution >= 4 is 40.0 Å². The number of benzene rings is 1. The number of amides is 2. The number of aliphatic hydroxyl groups is 1. The van der Waals surface area contributed by atoms with Gasteiger partial charge in [0.2, 0.25) is 5.91 Å². The van der Waals surface area contributed by atoms with Crippen LogP contribution in [0, 0.1) is 0 Å². The summed E-state index contributed by atoms with van der Waals surface area (Å²) in [4.78, 5) is 29.7. The Hall–Kier alpha value is -3.39. The molecule has 3 aromatic rings. The van der Waals surface area contributed by atoms with Gasteiger partial charge in [0.05, 0.1) is 11.1 Å². The van der Waals surface area contributed by atoms with Crippen molar-refractivity contribution in [3.8, 4) is 0 Å². The molecule has 2 amide bonds. The van der Waals surface area contributed by atoms with Crippen LogP contribution in [0.2, 0.25) is 0 Å². The zero-order valence-corrected chi connectivity index (χ0v) is 17.6. The highest BCUT2D eigenvalue weighted by molar-refractivity contribution is 5.93. The molecule has 0 unspecified atom stereocenters. The molecule has 0 aliphatic carbocycles. The van der Waals surface area contributed by atoms with Crippen LogP contribution in [0.4, 0.5) is 22.0 Å². The smallest absolute Gasteiger partial charge is 0.325 e. The van der Waals surface area contributed by atoms with E-state index in [1.165, 1.54) is 6.92 Å². The normalized spacial score (nSPS) is 11.4. The number of hydrogen-bond donors (Lipinski definition) is 3. The Bertz CT molecular complexity index is 1070. The van der Waals surface area contributed by atoms with Crippen LogP contribution < -0.4 is 15.5 Å². The maximum Gasteiger partial charge on any atom is 0.325 e. The Labute approximate surface area is 175 Å². The highest BCUT2D eigenvalue weighted by atomic mass is 16.3. The summed E-state index contributed by atoms with van der Waals surface area (Å²) in [5.74, 6) is 0.264. The SMILES string of the molecule is CNC(=O)n1ccc2cc(N(CCC(C)(C)O)c3ccnc(NC(C)=O)c3)ccc21. The van der Waals surface area contributed by atoms with E-state index in [2.05, 4.69) is 20.5 Å². The number of anilines is 3. The van der Waals surface area contributed by atoms with Crippen molar-refractivity contribution in [2.24, 2.45) is 0 Å². The van der Waals surface area contributed by atoms with E-state index < -0.39 is 5.60 Å². The molecule has 0 aliphatic rings. The minimum absolute atomic E-state index is 0.195. The fourth-order valence-electron chi connectivity index (χ4n) is 3.22. The zero-order valence-electron chi connectivity index (χ0n) is 17.6. The predicted octanol–water partition coefficient (Wildman–Crippen LogP) is 3.48. The van der Waals surface area contributed by atoms with Gasteiger partial charge in [0.15, 0.2) is 0 Å². The molecular formula is C22H27N5O3. The molecule has 1 aromatic carbocycles. The largest absolute Gasteiger partial charge is 0.390 e. The fourth-order valence-corrected chi connectivity index (χ4v) is 3.22. The number of carbonyl (C=O) groups excluding carboxylic acids is 2. The maximum atomic E-state index is 12.0. The molecule has 0 bridgehead atoms. The molecule has 0 fully saturated rings. The van der Waals surface area contributed by atoms with Gasteiger partial charge in [-0.15, -0.1) is 0 Å². The van der Waals surface area contributed by atoms with E-state index in [0.717, 1.165) is 22.3 Å². The van der Waals surface area contributed by atoms with Gasteiger partial charge in [-0.3, -0.25) is 9.36 Å². The maximum absolute atomic E-state index is 12.0. The number of nitrogens with one attached hydrogen (secondary N) is 2. The minimum atomic E-state index is -0.835. The van der Waals surface area contributed by atoms with Crippen LogP contribution in [0.15, 0.2) is 48.8 Å². The molecule has 8 heteroatoms. The lowest BCUT2D eigenvalue weighted by Gasteiger charge is -2.28. The molecule has 0 atom stereocenters. The van der Waals surface area contributed by atoms with Gasteiger partial charge in [-0.25, -0.2) is 9.78 Å². The van der Waals surface area contributed by atoms with Crippen molar-refractivity contribution in [2.75, 3.05) is 23.8 Å². The van der Waals surface area contributed by atoms with Crippen LogP contribution in [0.3, 0.4) is 0 Å². The van der Waals surface area contributed by atoms with E-state index in [9.17, 15) is 14.7 Å². The molecule has 0 spiro atoms. The Morgan fingerprint density at radius 1 is 1.17 bits per heavy atom. The monoisotopic (exact) mass is 409 g/mol. The van der Waals surface area contributed by atoms with E-state index in [-0.39, 0.29) is 11.9 Å². The lowest BCUT2D eigenvalue weighted by atomic mass is 10.0. The summed E-state index contributed by atoms with van der Waals surface area (Å²) < 4.78 is 1.56. The molecule has 8 nitrogen and oxygen atoms in total. The van der Waals surface area contributed by atoms with Crippen LogP contribution in [-0.4, -0.2) is 45.8 Å². The van der Waals surface area contributed by atoms with Gasteiger partial charge in [-0.05, 0) is 50.6 Å². The van der Waals surface area contributed by atoms with Crippen molar-refractivity contribution < 1.29 is 14.7 Å². The number of carbonyl (C=O) groups is 2. The van der Waals surface area contributed by atoms with Crippen LogP contribution in [-0.2, 0) is 4.79 Å². The summed E-state index contributed by atoms with van der Waals surface area (Å²) >= 11 is 0. The highest BCUT2D eigenvalue weighted by Gasteiger charge is 2.18. The van der Waals surface area contributed by atoms with Crippen LogP contribution >= 0.6 is 0 Å². The van der Waals surface area contributed by atoms with Crippen molar-refractivity contribution in [3.05, 3.63) is 48.8 Å². The van der Waals surface area contributed by atoms with Crippen LogP contribution in [0.1, 0.15) is 27.2 Å². The summed E-state index contributed by atoms with van der Waals surface area (Å²) in [5.41, 5.74) is 1.71. The molecule has 0 saturated carbocycles. The minimum Gasteiger partial charge on any atom is -0.390 e. The first-order valence-electron chi connectivity index (χ1n) is 9.75. The van der Waals surface area contributed by atoms with E-state index >= 15 is 0 Å². The average Bonchev–Trinajstić information content (AvgIpc) is 3.10. The summed E-state index contributed by atoms with van der Waals surface area (Å²) in [6, 6.07) is 11.2. The molecule has 3 N–H and O–H groups in total. The number of hydrogen-bond acceptors (Lipinski definition) is 5. The van der Waals surface area contributed by atoms with Gasteiger partial charge in [-0.2, -0.15) is 0 Å². The Morgan fingerprint density at radius 2 is 1.90 bits per heavy atom. The number of rotatable bonds is 6. The average molecular weight is 409 g/mol. The molecule has 0 radical (unpaired) electrons. The van der Waals surface area contributed by atoms with E-state index in [0.29, 0.717) is 18.8 Å². The summed E-state index contributed by atoms with van der Waals surface area (Å²) in [6.07, 6.45) is 3.90. The molecule has 158 valence electrons. The third-order valence-electron chi connectivity index (χ3n) is 4.72. The molecule has 0 saturated heterocycles. The zero-order chi connectivity index (χ0) is 21.9. The quantitative estimate of drug-likeness (QED) is 0.579. The number of pyridine rings is 1. The van der Waals surface area contributed by atoms with Crippen molar-refractivity contribution in [2.45, 2.75) is 32.8 Å². The molecular weight excluding hydrogens is 382 g/mol. The van der Waals surface area contributed by atoms with E-state index in [1.807, 2.05) is 30.3 Å². The third kappa shape index (κ3) is 4.96. The summed E-state index contributed by atoms with van der Waals surface area (Å²) in [7, 11) is 1.59. The second-order valence-corrected chi connectivity index (χ2v) is 7.78. The van der Waals surface area contributed by atoms with Crippen LogP contribution in [0.5, 0.6) is 0 Å². The molecule has 3 rings (SSSR count). The molecule has 2 heterocycles. The highest BCUT2D eigenvalue weighted by Crippen LogP contribution is 2.31. The first-order chi connectivity index (χ1) is 14.2. The lowest BCUT2D eigenvalue weighted by Crippen LogP contribution is -2.28. The Balaban J connectivity index is 2.02. The number of nitrogens with zero attached hydrogens (tertiary/aromatic N) is 3. The topological polar surface area (TPSA) is 99.5 Å². The van der Waals surface area contributed by atoms with E-state index in [1.54, 1.807) is 43.9 Å². The van der Waals surface area contributed by atoms with Crippen LogP contribution in [0.25, 0.3) is 10.9 Å². The van der Waals surface area contributed by atoms with Crippen molar-refractivity contribution in [1.82, 2.24) is 14.9 Å². The van der Waals surface area contributed by atoms with Gasteiger partial charge in [0, 0.05) is 55.7 Å². The lowest BCUT2D eigenvalue weighted by molar-refractivity contribution is -0.114. The molecule has 2 aromatic heterocycles. The Kier molecular flexibility index (Phi) is 6.07. The van der Waals surface area contributed by atoms with Gasteiger partial charge in [0.25, 0.3) is 0 Å². The van der Waals surface area contributed by atoms with Crippen molar-refractivity contribution in [1.29, 1.82) is 0 Å². The Morgan fingerprint density at radius 3 is 2.57 bits per heavy atom. The first-order valence-corrected chi connectivity index (χ1v) is 9.75. The molecule has 30 heavy (non-hydrogen) atoms. The second kappa shape index (κ2) is 8.54. The van der Waals surface area contributed by atoms with Gasteiger partial charge in [0.1, 0.15) is 5.82 Å². The predicted molar refractivity (Wildman–Crippen MR) is 118 cm³/mol. The first kappa shape index (κ1) is 21.3. The van der Waals surface area contributed by atoms with Gasteiger partial charge in [-0.1, -0.05) is 0 Å². The number of fused-ring (bicyclic) bond motifs is 1.